The predicted octanol–water partition coefficient (Wildman–Crippen LogP) is 2.63. The highest BCUT2D eigenvalue weighted by Crippen LogP contribution is 2.43. The summed E-state index contributed by atoms with van der Waals surface area (Å²) in [5.74, 6) is 1.80. The van der Waals surface area contributed by atoms with Gasteiger partial charge in [0.25, 0.3) is 0 Å². The lowest BCUT2D eigenvalue weighted by Crippen LogP contribution is -2.45. The molecule has 2 aliphatic carbocycles. The Hall–Kier alpha value is -1.65. The van der Waals surface area contributed by atoms with Crippen LogP contribution in [0.3, 0.4) is 0 Å². The predicted molar refractivity (Wildman–Crippen MR) is 85.4 cm³/mol. The monoisotopic (exact) mass is 302 g/mol. The SMILES string of the molecule is CN(CCc1cnccn1)C(=O)N[C@@H]1CCC[C@H](C2CC2)C1. The maximum atomic E-state index is 12.3. The Morgan fingerprint density at radius 3 is 2.86 bits per heavy atom. The van der Waals surface area contributed by atoms with E-state index in [1.807, 2.05) is 7.05 Å². The van der Waals surface area contributed by atoms with Crippen LogP contribution in [0, 0.1) is 11.8 Å². The van der Waals surface area contributed by atoms with E-state index in [0.717, 1.165) is 30.4 Å². The average Bonchev–Trinajstić information content (AvgIpc) is 3.39. The van der Waals surface area contributed by atoms with Crippen LogP contribution in [-0.2, 0) is 6.42 Å². The van der Waals surface area contributed by atoms with Gasteiger partial charge in [0, 0.05) is 44.6 Å². The van der Waals surface area contributed by atoms with E-state index in [0.29, 0.717) is 12.6 Å². The molecule has 0 radical (unpaired) electrons. The van der Waals surface area contributed by atoms with Crippen LogP contribution in [0.5, 0.6) is 0 Å². The van der Waals surface area contributed by atoms with Crippen LogP contribution in [0.25, 0.3) is 0 Å². The lowest BCUT2D eigenvalue weighted by Gasteiger charge is -2.31. The molecular formula is C17H26N4O. The van der Waals surface area contributed by atoms with Crippen molar-refractivity contribution in [2.75, 3.05) is 13.6 Å². The third-order valence-electron chi connectivity index (χ3n) is 5.00. The fraction of sp³-hybridized carbons (Fsp3) is 0.706. The van der Waals surface area contributed by atoms with Gasteiger partial charge in [0.2, 0.25) is 0 Å². The van der Waals surface area contributed by atoms with E-state index in [4.69, 9.17) is 0 Å². The Morgan fingerprint density at radius 2 is 2.14 bits per heavy atom. The fourth-order valence-corrected chi connectivity index (χ4v) is 3.48. The van der Waals surface area contributed by atoms with Crippen LogP contribution < -0.4 is 5.32 Å². The van der Waals surface area contributed by atoms with Gasteiger partial charge in [0.1, 0.15) is 0 Å². The lowest BCUT2D eigenvalue weighted by molar-refractivity contribution is 0.193. The molecule has 5 nitrogen and oxygen atoms in total. The maximum absolute atomic E-state index is 12.3. The highest BCUT2D eigenvalue weighted by Gasteiger charge is 2.35. The smallest absolute Gasteiger partial charge is 0.317 e. The molecule has 2 atom stereocenters. The highest BCUT2D eigenvalue weighted by molar-refractivity contribution is 5.74. The summed E-state index contributed by atoms with van der Waals surface area (Å²) in [6.07, 6.45) is 13.6. The van der Waals surface area contributed by atoms with Gasteiger partial charge < -0.3 is 10.2 Å². The van der Waals surface area contributed by atoms with Crippen LogP contribution in [-0.4, -0.2) is 40.5 Å². The van der Waals surface area contributed by atoms with Gasteiger partial charge in [-0.1, -0.05) is 12.8 Å². The van der Waals surface area contributed by atoms with Gasteiger partial charge in [-0.05, 0) is 37.5 Å². The summed E-state index contributed by atoms with van der Waals surface area (Å²) in [5.41, 5.74) is 0.925. The van der Waals surface area contributed by atoms with E-state index in [-0.39, 0.29) is 6.03 Å². The first-order valence-corrected chi connectivity index (χ1v) is 8.49. The van der Waals surface area contributed by atoms with Crippen molar-refractivity contribution in [2.45, 2.75) is 51.0 Å². The van der Waals surface area contributed by atoms with Crippen molar-refractivity contribution in [3.8, 4) is 0 Å². The van der Waals surface area contributed by atoms with Crippen LogP contribution in [0.15, 0.2) is 18.6 Å². The van der Waals surface area contributed by atoms with Crippen molar-refractivity contribution in [2.24, 2.45) is 11.8 Å². The number of amides is 2. The van der Waals surface area contributed by atoms with E-state index >= 15 is 0 Å². The number of urea groups is 1. The Morgan fingerprint density at radius 1 is 1.27 bits per heavy atom. The number of hydrogen-bond acceptors (Lipinski definition) is 3. The fourth-order valence-electron chi connectivity index (χ4n) is 3.48. The molecule has 0 spiro atoms. The number of nitrogens with one attached hydrogen (secondary N) is 1. The second-order valence-corrected chi connectivity index (χ2v) is 6.78. The van der Waals surface area contributed by atoms with Gasteiger partial charge in [-0.3, -0.25) is 9.97 Å². The molecule has 2 fully saturated rings. The lowest BCUT2D eigenvalue weighted by atomic mass is 9.83. The summed E-state index contributed by atoms with van der Waals surface area (Å²) in [6.45, 7) is 0.670. The summed E-state index contributed by atoms with van der Waals surface area (Å²) in [6, 6.07) is 0.413. The number of nitrogens with zero attached hydrogens (tertiary/aromatic N) is 3. The number of carbonyl (C=O) groups is 1. The molecule has 1 aromatic rings. The molecule has 2 aliphatic rings. The van der Waals surface area contributed by atoms with Gasteiger partial charge >= 0.3 is 6.03 Å². The molecule has 2 amide bonds. The second-order valence-electron chi connectivity index (χ2n) is 6.78. The van der Waals surface area contributed by atoms with E-state index in [1.165, 1.54) is 32.1 Å². The van der Waals surface area contributed by atoms with Gasteiger partial charge in [0.15, 0.2) is 0 Å². The van der Waals surface area contributed by atoms with Crippen LogP contribution in [0.4, 0.5) is 4.79 Å². The number of carbonyl (C=O) groups excluding carboxylic acids is 1. The number of rotatable bonds is 5. The summed E-state index contributed by atoms with van der Waals surface area (Å²) in [5, 5.41) is 3.22. The topological polar surface area (TPSA) is 58.1 Å². The summed E-state index contributed by atoms with van der Waals surface area (Å²) in [4.78, 5) is 22.4. The van der Waals surface area contributed by atoms with Crippen molar-refractivity contribution in [3.63, 3.8) is 0 Å². The van der Waals surface area contributed by atoms with E-state index in [9.17, 15) is 4.79 Å². The van der Waals surface area contributed by atoms with Crippen LogP contribution in [0.1, 0.15) is 44.2 Å². The molecule has 5 heteroatoms. The van der Waals surface area contributed by atoms with Crippen molar-refractivity contribution >= 4 is 6.03 Å². The van der Waals surface area contributed by atoms with E-state index < -0.39 is 0 Å². The number of likely N-dealkylation sites (N-methyl/N-ethyl adjacent to an activating group) is 1. The second kappa shape index (κ2) is 7.07. The molecular weight excluding hydrogens is 276 g/mol. The van der Waals surface area contributed by atoms with Crippen molar-refractivity contribution in [1.82, 2.24) is 20.2 Å². The Kier molecular flexibility index (Phi) is 4.90. The van der Waals surface area contributed by atoms with E-state index in [2.05, 4.69) is 15.3 Å². The van der Waals surface area contributed by atoms with Crippen LogP contribution in [0.2, 0.25) is 0 Å². The quantitative estimate of drug-likeness (QED) is 0.909. The minimum absolute atomic E-state index is 0.0466. The molecule has 0 bridgehead atoms. The zero-order chi connectivity index (χ0) is 15.4. The van der Waals surface area contributed by atoms with Gasteiger partial charge in [-0.2, -0.15) is 0 Å². The Balaban J connectivity index is 1.42. The van der Waals surface area contributed by atoms with Gasteiger partial charge in [0.05, 0.1) is 5.69 Å². The zero-order valence-corrected chi connectivity index (χ0v) is 13.4. The Bertz CT molecular complexity index is 489. The molecule has 0 aliphatic heterocycles. The molecule has 1 heterocycles. The summed E-state index contributed by atoms with van der Waals surface area (Å²) >= 11 is 0. The highest BCUT2D eigenvalue weighted by atomic mass is 16.2. The first-order valence-electron chi connectivity index (χ1n) is 8.49. The number of hydrogen-bond donors (Lipinski definition) is 1. The molecule has 3 rings (SSSR count). The third kappa shape index (κ3) is 4.18. The molecule has 120 valence electrons. The van der Waals surface area contributed by atoms with Crippen molar-refractivity contribution in [1.29, 1.82) is 0 Å². The largest absolute Gasteiger partial charge is 0.335 e. The minimum atomic E-state index is 0.0466. The van der Waals surface area contributed by atoms with Crippen molar-refractivity contribution < 1.29 is 4.79 Å². The van der Waals surface area contributed by atoms with Crippen LogP contribution >= 0.6 is 0 Å². The summed E-state index contributed by atoms with van der Waals surface area (Å²) < 4.78 is 0. The molecule has 1 aromatic heterocycles. The molecule has 2 saturated carbocycles. The standard InChI is InChI=1S/C17H26N4O/c1-21(10-7-16-12-18-8-9-19-16)17(22)20-15-4-2-3-14(11-15)13-5-6-13/h8-9,12-15H,2-7,10-11H2,1H3,(H,20,22)/t14-,15+/m0/s1. The summed E-state index contributed by atoms with van der Waals surface area (Å²) in [7, 11) is 1.85. The van der Waals surface area contributed by atoms with E-state index in [1.54, 1.807) is 23.5 Å². The molecule has 0 aromatic carbocycles. The zero-order valence-electron chi connectivity index (χ0n) is 13.4. The first-order chi connectivity index (χ1) is 10.7. The minimum Gasteiger partial charge on any atom is -0.335 e. The van der Waals surface area contributed by atoms with Gasteiger partial charge in [-0.25, -0.2) is 4.79 Å². The number of aromatic nitrogens is 2. The average molecular weight is 302 g/mol. The normalized spacial score (nSPS) is 24.8. The van der Waals surface area contributed by atoms with Gasteiger partial charge in [-0.15, -0.1) is 0 Å². The third-order valence-corrected chi connectivity index (χ3v) is 5.00. The Labute approximate surface area is 132 Å². The maximum Gasteiger partial charge on any atom is 0.317 e. The van der Waals surface area contributed by atoms with Crippen molar-refractivity contribution in [3.05, 3.63) is 24.3 Å². The molecule has 0 saturated heterocycles. The molecule has 1 N–H and O–H groups in total. The molecule has 22 heavy (non-hydrogen) atoms. The molecule has 0 unspecified atom stereocenters. The first kappa shape index (κ1) is 15.3.